The van der Waals surface area contributed by atoms with Gasteiger partial charge in [-0.15, -0.1) is 0 Å². The second-order valence-corrected chi connectivity index (χ2v) is 9.89. The lowest BCUT2D eigenvalue weighted by Gasteiger charge is -2.48. The Morgan fingerprint density at radius 2 is 1.97 bits per heavy atom. The SMILES string of the molecule is COc1cc(Cl)ncc1NC(=O)C1(c2ccccc2C(C)C)CN(S(C)(=O)=O)C1. The van der Waals surface area contributed by atoms with Gasteiger partial charge in [-0.25, -0.2) is 13.4 Å². The number of methoxy groups -OCH3 is 1. The molecular weight excluding hydrogens is 414 g/mol. The average molecular weight is 438 g/mol. The zero-order chi connectivity index (χ0) is 21.4. The zero-order valence-corrected chi connectivity index (χ0v) is 18.3. The largest absolute Gasteiger partial charge is 0.494 e. The van der Waals surface area contributed by atoms with Gasteiger partial charge in [0.1, 0.15) is 22.0 Å². The molecule has 0 bridgehead atoms. The summed E-state index contributed by atoms with van der Waals surface area (Å²) in [4.78, 5) is 17.5. The predicted molar refractivity (Wildman–Crippen MR) is 113 cm³/mol. The second-order valence-electron chi connectivity index (χ2n) is 7.52. The quantitative estimate of drug-likeness (QED) is 0.702. The van der Waals surface area contributed by atoms with Crippen LogP contribution in [-0.4, -0.2) is 50.1 Å². The van der Waals surface area contributed by atoms with E-state index in [0.717, 1.165) is 17.4 Å². The number of anilines is 1. The van der Waals surface area contributed by atoms with Gasteiger partial charge in [-0.1, -0.05) is 49.7 Å². The minimum absolute atomic E-state index is 0.0741. The molecular formula is C20H24ClN3O4S. The molecule has 3 rings (SSSR count). The molecule has 0 radical (unpaired) electrons. The molecule has 0 aliphatic carbocycles. The first kappa shape index (κ1) is 21.5. The van der Waals surface area contributed by atoms with E-state index in [4.69, 9.17) is 16.3 Å². The van der Waals surface area contributed by atoms with Crippen LogP contribution in [-0.2, 0) is 20.2 Å². The number of aromatic nitrogens is 1. The van der Waals surface area contributed by atoms with E-state index >= 15 is 0 Å². The highest BCUT2D eigenvalue weighted by Gasteiger charge is 2.54. The number of sulfonamides is 1. The van der Waals surface area contributed by atoms with Crippen LogP contribution in [0.5, 0.6) is 5.75 Å². The first-order chi connectivity index (χ1) is 13.6. The number of benzene rings is 1. The third-order valence-corrected chi connectivity index (χ3v) is 6.60. The standard InChI is InChI=1S/C20H24ClN3O4S/c1-13(2)14-7-5-6-8-15(14)20(11-24(12-20)29(4,26)27)19(25)23-16-10-22-18(21)9-17(16)28-3/h5-10,13H,11-12H2,1-4H3,(H,23,25). The van der Waals surface area contributed by atoms with Crippen LogP contribution in [0.3, 0.4) is 0 Å². The van der Waals surface area contributed by atoms with Crippen molar-refractivity contribution in [3.05, 3.63) is 52.8 Å². The summed E-state index contributed by atoms with van der Waals surface area (Å²) >= 11 is 5.90. The number of pyridine rings is 1. The molecule has 156 valence electrons. The fourth-order valence-electron chi connectivity index (χ4n) is 3.58. The normalized spacial score (nSPS) is 16.3. The molecule has 0 saturated carbocycles. The number of carbonyl (C=O) groups excluding carboxylic acids is 1. The summed E-state index contributed by atoms with van der Waals surface area (Å²) in [6.45, 7) is 4.24. The van der Waals surface area contributed by atoms with Gasteiger partial charge in [0.05, 0.1) is 19.6 Å². The van der Waals surface area contributed by atoms with Crippen molar-refractivity contribution >= 4 is 33.2 Å². The monoisotopic (exact) mass is 437 g/mol. The van der Waals surface area contributed by atoms with E-state index in [1.165, 1.54) is 23.7 Å². The molecule has 1 aromatic heterocycles. The third kappa shape index (κ3) is 4.10. The van der Waals surface area contributed by atoms with Crippen LogP contribution < -0.4 is 10.1 Å². The molecule has 2 aromatic rings. The molecule has 29 heavy (non-hydrogen) atoms. The van der Waals surface area contributed by atoms with Crippen LogP contribution in [0.15, 0.2) is 36.5 Å². The molecule has 1 fully saturated rings. The molecule has 0 spiro atoms. The summed E-state index contributed by atoms with van der Waals surface area (Å²) in [5, 5.41) is 3.10. The number of carbonyl (C=O) groups is 1. The lowest BCUT2D eigenvalue weighted by molar-refractivity contribution is -0.125. The molecule has 1 amide bonds. The Kier molecular flexibility index (Phi) is 5.89. The molecule has 0 atom stereocenters. The van der Waals surface area contributed by atoms with E-state index in [2.05, 4.69) is 10.3 Å². The fraction of sp³-hybridized carbons (Fsp3) is 0.400. The molecule has 1 N–H and O–H groups in total. The highest BCUT2D eigenvalue weighted by Crippen LogP contribution is 2.41. The van der Waals surface area contributed by atoms with Crippen molar-refractivity contribution in [2.45, 2.75) is 25.2 Å². The summed E-state index contributed by atoms with van der Waals surface area (Å²) in [5.41, 5.74) is 1.21. The van der Waals surface area contributed by atoms with Crippen LogP contribution in [0.4, 0.5) is 5.69 Å². The van der Waals surface area contributed by atoms with Gasteiger partial charge in [-0.05, 0) is 17.0 Å². The Morgan fingerprint density at radius 3 is 2.55 bits per heavy atom. The number of ether oxygens (including phenoxy) is 1. The first-order valence-electron chi connectivity index (χ1n) is 9.14. The predicted octanol–water partition coefficient (Wildman–Crippen LogP) is 3.02. The number of hydrogen-bond donors (Lipinski definition) is 1. The number of halogens is 1. The van der Waals surface area contributed by atoms with Crippen molar-refractivity contribution in [2.75, 3.05) is 31.8 Å². The zero-order valence-electron chi connectivity index (χ0n) is 16.8. The number of nitrogens with one attached hydrogen (secondary N) is 1. The Morgan fingerprint density at radius 1 is 1.31 bits per heavy atom. The van der Waals surface area contributed by atoms with Crippen molar-refractivity contribution in [1.29, 1.82) is 0 Å². The van der Waals surface area contributed by atoms with Gasteiger partial charge in [0.2, 0.25) is 15.9 Å². The van der Waals surface area contributed by atoms with E-state index in [-0.39, 0.29) is 30.1 Å². The molecule has 1 aromatic carbocycles. The van der Waals surface area contributed by atoms with Crippen molar-refractivity contribution in [1.82, 2.24) is 9.29 Å². The van der Waals surface area contributed by atoms with Crippen molar-refractivity contribution in [2.24, 2.45) is 0 Å². The third-order valence-electron chi connectivity index (χ3n) is 5.20. The molecule has 7 nitrogen and oxygen atoms in total. The Hall–Kier alpha value is -2.16. The number of amides is 1. The van der Waals surface area contributed by atoms with Gasteiger partial charge in [0.25, 0.3) is 0 Å². The van der Waals surface area contributed by atoms with Crippen molar-refractivity contribution in [3.63, 3.8) is 0 Å². The van der Waals surface area contributed by atoms with Crippen LogP contribution in [0, 0.1) is 0 Å². The average Bonchev–Trinajstić information content (AvgIpc) is 2.61. The maximum absolute atomic E-state index is 13.5. The Labute approximate surface area is 176 Å². The molecule has 1 saturated heterocycles. The molecule has 1 aliphatic rings. The van der Waals surface area contributed by atoms with Crippen LogP contribution in [0.25, 0.3) is 0 Å². The Balaban J connectivity index is 2.03. The maximum Gasteiger partial charge on any atom is 0.237 e. The van der Waals surface area contributed by atoms with Gasteiger partial charge >= 0.3 is 0 Å². The van der Waals surface area contributed by atoms with E-state index < -0.39 is 15.4 Å². The molecule has 9 heteroatoms. The molecule has 2 heterocycles. The second kappa shape index (κ2) is 7.93. The van der Waals surface area contributed by atoms with Gasteiger partial charge < -0.3 is 10.1 Å². The summed E-state index contributed by atoms with van der Waals surface area (Å²) in [6, 6.07) is 9.16. The van der Waals surface area contributed by atoms with Crippen molar-refractivity contribution < 1.29 is 17.9 Å². The lowest BCUT2D eigenvalue weighted by Crippen LogP contribution is -2.66. The summed E-state index contributed by atoms with van der Waals surface area (Å²) in [6.07, 6.45) is 2.57. The first-order valence-corrected chi connectivity index (χ1v) is 11.4. The van der Waals surface area contributed by atoms with E-state index in [0.29, 0.717) is 11.4 Å². The van der Waals surface area contributed by atoms with Crippen LogP contribution in [0.1, 0.15) is 30.9 Å². The smallest absolute Gasteiger partial charge is 0.237 e. The van der Waals surface area contributed by atoms with Crippen LogP contribution in [0.2, 0.25) is 5.15 Å². The van der Waals surface area contributed by atoms with Gasteiger partial charge in [0, 0.05) is 19.2 Å². The van der Waals surface area contributed by atoms with Crippen LogP contribution >= 0.6 is 11.6 Å². The number of hydrogen-bond acceptors (Lipinski definition) is 5. The molecule has 0 unspecified atom stereocenters. The number of nitrogens with zero attached hydrogens (tertiary/aromatic N) is 2. The summed E-state index contributed by atoms with van der Waals surface area (Å²) in [5.74, 6) is 0.243. The molecule has 1 aliphatic heterocycles. The van der Waals surface area contributed by atoms with Crippen molar-refractivity contribution in [3.8, 4) is 5.75 Å². The van der Waals surface area contributed by atoms with E-state index in [1.807, 2.05) is 38.1 Å². The van der Waals surface area contributed by atoms with E-state index in [9.17, 15) is 13.2 Å². The highest BCUT2D eigenvalue weighted by atomic mass is 35.5. The topological polar surface area (TPSA) is 88.6 Å². The van der Waals surface area contributed by atoms with Gasteiger partial charge in [0.15, 0.2) is 0 Å². The minimum atomic E-state index is -3.40. The van der Waals surface area contributed by atoms with Gasteiger partial charge in [-0.3, -0.25) is 4.79 Å². The minimum Gasteiger partial charge on any atom is -0.494 e. The maximum atomic E-state index is 13.5. The fourth-order valence-corrected chi connectivity index (χ4v) is 4.64. The lowest BCUT2D eigenvalue weighted by atomic mass is 9.71. The summed E-state index contributed by atoms with van der Waals surface area (Å²) < 4.78 is 30.6. The Bertz CT molecular complexity index is 1030. The van der Waals surface area contributed by atoms with E-state index in [1.54, 1.807) is 0 Å². The van der Waals surface area contributed by atoms with Gasteiger partial charge in [-0.2, -0.15) is 4.31 Å². The highest BCUT2D eigenvalue weighted by molar-refractivity contribution is 7.88. The number of rotatable bonds is 6. The summed E-state index contributed by atoms with van der Waals surface area (Å²) in [7, 11) is -1.93.